The maximum atomic E-state index is 9.16. The predicted octanol–water partition coefficient (Wildman–Crippen LogP) is -0.559. The Hall–Kier alpha value is -1.40. The summed E-state index contributed by atoms with van der Waals surface area (Å²) in [6.07, 6.45) is -0.805. The third-order valence-electron chi connectivity index (χ3n) is 2.01. The SMILES string of the molecule is Cc1nc(N)c(C)c(NCC(O)CO)n1. The fraction of sp³-hybridized carbons (Fsp3) is 0.556. The highest BCUT2D eigenvalue weighted by Crippen LogP contribution is 2.16. The van der Waals surface area contributed by atoms with Crippen LogP contribution in [-0.2, 0) is 0 Å². The van der Waals surface area contributed by atoms with Crippen LogP contribution in [0.25, 0.3) is 0 Å². The molecule has 84 valence electrons. The van der Waals surface area contributed by atoms with E-state index < -0.39 is 6.10 Å². The van der Waals surface area contributed by atoms with E-state index in [-0.39, 0.29) is 13.2 Å². The van der Waals surface area contributed by atoms with Crippen molar-refractivity contribution < 1.29 is 10.2 Å². The second kappa shape index (κ2) is 4.90. The molecule has 0 saturated heterocycles. The Morgan fingerprint density at radius 1 is 1.40 bits per heavy atom. The van der Waals surface area contributed by atoms with Crippen molar-refractivity contribution in [3.8, 4) is 0 Å². The average Bonchev–Trinajstić information content (AvgIpc) is 2.20. The monoisotopic (exact) mass is 212 g/mol. The third kappa shape index (κ3) is 3.03. The van der Waals surface area contributed by atoms with Crippen LogP contribution in [0.5, 0.6) is 0 Å². The molecule has 0 fully saturated rings. The summed E-state index contributed by atoms with van der Waals surface area (Å²) < 4.78 is 0. The lowest BCUT2D eigenvalue weighted by Crippen LogP contribution is -2.24. The first-order valence-corrected chi connectivity index (χ1v) is 4.68. The number of aliphatic hydroxyl groups excluding tert-OH is 2. The van der Waals surface area contributed by atoms with Gasteiger partial charge in [0, 0.05) is 12.1 Å². The van der Waals surface area contributed by atoms with Crippen molar-refractivity contribution in [3.63, 3.8) is 0 Å². The van der Waals surface area contributed by atoms with Crippen LogP contribution in [-0.4, -0.2) is 39.4 Å². The number of aliphatic hydroxyl groups is 2. The van der Waals surface area contributed by atoms with E-state index in [0.717, 1.165) is 5.56 Å². The smallest absolute Gasteiger partial charge is 0.134 e. The Bertz CT molecular complexity index is 343. The average molecular weight is 212 g/mol. The second-order valence-corrected chi connectivity index (χ2v) is 3.35. The van der Waals surface area contributed by atoms with E-state index in [1.54, 1.807) is 13.8 Å². The number of rotatable bonds is 4. The Morgan fingerprint density at radius 2 is 2.07 bits per heavy atom. The van der Waals surface area contributed by atoms with Crippen molar-refractivity contribution >= 4 is 11.6 Å². The summed E-state index contributed by atoms with van der Waals surface area (Å²) in [7, 11) is 0. The number of hydrogen-bond donors (Lipinski definition) is 4. The predicted molar refractivity (Wildman–Crippen MR) is 57.5 cm³/mol. The van der Waals surface area contributed by atoms with Gasteiger partial charge in [-0.25, -0.2) is 9.97 Å². The molecule has 0 amide bonds. The van der Waals surface area contributed by atoms with Crippen molar-refractivity contribution in [2.24, 2.45) is 0 Å². The van der Waals surface area contributed by atoms with Crippen molar-refractivity contribution in [1.29, 1.82) is 0 Å². The molecular formula is C9H16N4O2. The minimum Gasteiger partial charge on any atom is -0.394 e. The van der Waals surface area contributed by atoms with Gasteiger partial charge < -0.3 is 21.3 Å². The molecule has 1 aromatic heterocycles. The number of nitrogens with two attached hydrogens (primary N) is 1. The first kappa shape index (κ1) is 11.7. The van der Waals surface area contributed by atoms with E-state index in [1.165, 1.54) is 0 Å². The number of hydrogen-bond acceptors (Lipinski definition) is 6. The Balaban J connectivity index is 2.76. The molecule has 1 rings (SSSR count). The lowest BCUT2D eigenvalue weighted by atomic mass is 10.3. The van der Waals surface area contributed by atoms with Crippen molar-refractivity contribution in [2.45, 2.75) is 20.0 Å². The Kier molecular flexibility index (Phi) is 3.81. The van der Waals surface area contributed by atoms with E-state index in [1.807, 2.05) is 0 Å². The molecule has 0 bridgehead atoms. The van der Waals surface area contributed by atoms with Gasteiger partial charge in [0.25, 0.3) is 0 Å². The molecule has 0 radical (unpaired) electrons. The third-order valence-corrected chi connectivity index (χ3v) is 2.01. The van der Waals surface area contributed by atoms with Crippen LogP contribution < -0.4 is 11.1 Å². The molecule has 6 nitrogen and oxygen atoms in total. The highest BCUT2D eigenvalue weighted by molar-refractivity contribution is 5.54. The molecule has 0 saturated carbocycles. The van der Waals surface area contributed by atoms with E-state index in [0.29, 0.717) is 17.5 Å². The van der Waals surface area contributed by atoms with Gasteiger partial charge in [0.15, 0.2) is 0 Å². The molecule has 1 unspecified atom stereocenters. The maximum absolute atomic E-state index is 9.16. The molecule has 1 aromatic rings. The standard InChI is InChI=1S/C9H16N4O2/c1-5-8(10)12-6(2)13-9(5)11-3-7(15)4-14/h7,14-15H,3-4H2,1-2H3,(H3,10,11,12,13). The zero-order valence-electron chi connectivity index (χ0n) is 8.86. The number of aryl methyl sites for hydroxylation is 1. The van der Waals surface area contributed by atoms with Crippen LogP contribution >= 0.6 is 0 Å². The number of nitrogens with one attached hydrogen (secondary N) is 1. The van der Waals surface area contributed by atoms with E-state index >= 15 is 0 Å². The Labute approximate surface area is 88.2 Å². The first-order valence-electron chi connectivity index (χ1n) is 4.68. The van der Waals surface area contributed by atoms with Crippen LogP contribution in [0, 0.1) is 13.8 Å². The first-order chi connectivity index (χ1) is 7.04. The van der Waals surface area contributed by atoms with Crippen LogP contribution in [0.2, 0.25) is 0 Å². The number of anilines is 2. The van der Waals surface area contributed by atoms with Gasteiger partial charge in [0.05, 0.1) is 12.7 Å². The number of nitrogen functional groups attached to an aromatic ring is 1. The van der Waals surface area contributed by atoms with Gasteiger partial charge in [-0.2, -0.15) is 0 Å². The molecule has 1 atom stereocenters. The van der Waals surface area contributed by atoms with Gasteiger partial charge in [-0.15, -0.1) is 0 Å². The molecule has 0 aliphatic carbocycles. The molecule has 0 aliphatic heterocycles. The van der Waals surface area contributed by atoms with E-state index in [9.17, 15) is 0 Å². The number of aromatic nitrogens is 2. The summed E-state index contributed by atoms with van der Waals surface area (Å²) in [6, 6.07) is 0. The summed E-state index contributed by atoms with van der Waals surface area (Å²) in [5.74, 6) is 1.58. The van der Waals surface area contributed by atoms with Gasteiger partial charge in [0.2, 0.25) is 0 Å². The highest BCUT2D eigenvalue weighted by atomic mass is 16.3. The van der Waals surface area contributed by atoms with Crippen molar-refractivity contribution in [1.82, 2.24) is 9.97 Å². The van der Waals surface area contributed by atoms with Gasteiger partial charge in [0.1, 0.15) is 17.5 Å². The van der Waals surface area contributed by atoms with Crippen LogP contribution in [0.15, 0.2) is 0 Å². The lowest BCUT2D eigenvalue weighted by molar-refractivity contribution is 0.105. The maximum Gasteiger partial charge on any atom is 0.134 e. The molecule has 0 aliphatic rings. The summed E-state index contributed by atoms with van der Waals surface area (Å²) in [5, 5.41) is 20.7. The quantitative estimate of drug-likeness (QED) is 0.533. The molecule has 5 N–H and O–H groups in total. The fourth-order valence-corrected chi connectivity index (χ4v) is 1.10. The van der Waals surface area contributed by atoms with Gasteiger partial charge in [-0.1, -0.05) is 0 Å². The van der Waals surface area contributed by atoms with Crippen molar-refractivity contribution in [3.05, 3.63) is 11.4 Å². The minimum atomic E-state index is -0.805. The zero-order chi connectivity index (χ0) is 11.4. The van der Waals surface area contributed by atoms with Crippen molar-refractivity contribution in [2.75, 3.05) is 24.2 Å². The van der Waals surface area contributed by atoms with E-state index in [2.05, 4.69) is 15.3 Å². The summed E-state index contributed by atoms with van der Waals surface area (Å²) >= 11 is 0. The minimum absolute atomic E-state index is 0.229. The summed E-state index contributed by atoms with van der Waals surface area (Å²) in [5.41, 5.74) is 6.40. The molecule has 1 heterocycles. The highest BCUT2D eigenvalue weighted by Gasteiger charge is 2.08. The van der Waals surface area contributed by atoms with E-state index in [4.69, 9.17) is 15.9 Å². The molecular weight excluding hydrogens is 196 g/mol. The second-order valence-electron chi connectivity index (χ2n) is 3.35. The van der Waals surface area contributed by atoms with Gasteiger partial charge in [-0.3, -0.25) is 0 Å². The van der Waals surface area contributed by atoms with Crippen LogP contribution in [0.3, 0.4) is 0 Å². The van der Waals surface area contributed by atoms with Crippen LogP contribution in [0.1, 0.15) is 11.4 Å². The van der Waals surface area contributed by atoms with Gasteiger partial charge in [-0.05, 0) is 13.8 Å². The fourth-order valence-electron chi connectivity index (χ4n) is 1.10. The zero-order valence-corrected chi connectivity index (χ0v) is 8.86. The summed E-state index contributed by atoms with van der Waals surface area (Å²) in [4.78, 5) is 8.14. The molecule has 15 heavy (non-hydrogen) atoms. The molecule has 0 spiro atoms. The van der Waals surface area contributed by atoms with Gasteiger partial charge >= 0.3 is 0 Å². The van der Waals surface area contributed by atoms with Crippen LogP contribution in [0.4, 0.5) is 11.6 Å². The molecule has 6 heteroatoms. The lowest BCUT2D eigenvalue weighted by Gasteiger charge is -2.12. The molecule has 0 aromatic carbocycles. The summed E-state index contributed by atoms with van der Waals surface area (Å²) in [6.45, 7) is 3.48. The largest absolute Gasteiger partial charge is 0.394 e. The number of nitrogens with zero attached hydrogens (tertiary/aromatic N) is 2. The normalized spacial score (nSPS) is 12.5. The Morgan fingerprint density at radius 3 is 2.67 bits per heavy atom. The topological polar surface area (TPSA) is 104 Å².